The van der Waals surface area contributed by atoms with Crippen LogP contribution in [0.4, 0.5) is 0 Å². The zero-order chi connectivity index (χ0) is 10.7. The number of β-amino-alcohol motifs (C(OH)–C–C–N with tert-alkyl or cyclic N) is 1. The molecule has 0 aromatic rings. The fourth-order valence-corrected chi connectivity index (χ4v) is 2.58. The van der Waals surface area contributed by atoms with Gasteiger partial charge in [-0.1, -0.05) is 0 Å². The third-order valence-electron chi connectivity index (χ3n) is 3.68. The molecule has 0 saturated carbocycles. The topological polar surface area (TPSA) is 61.5 Å². The molecule has 0 bridgehead atoms. The van der Waals surface area contributed by atoms with E-state index in [2.05, 4.69) is 10.2 Å². The Morgan fingerprint density at radius 3 is 2.47 bits per heavy atom. The molecular weight excluding hydrogens is 190 g/mol. The third kappa shape index (κ3) is 3.14. The van der Waals surface area contributed by atoms with Gasteiger partial charge in [0.2, 0.25) is 0 Å². The van der Waals surface area contributed by atoms with Crippen LogP contribution >= 0.6 is 0 Å². The summed E-state index contributed by atoms with van der Waals surface area (Å²) >= 11 is 0. The molecule has 2 saturated heterocycles. The summed E-state index contributed by atoms with van der Waals surface area (Å²) in [6, 6.07) is 0.379. The van der Waals surface area contributed by atoms with Crippen LogP contribution in [0.15, 0.2) is 0 Å². The minimum absolute atomic E-state index is 0.379. The van der Waals surface area contributed by atoms with Gasteiger partial charge in [0, 0.05) is 12.6 Å². The summed E-state index contributed by atoms with van der Waals surface area (Å²) in [5.74, 6) is 0. The van der Waals surface area contributed by atoms with Gasteiger partial charge < -0.3 is 21.1 Å². The number of nitrogens with one attached hydrogen (secondary N) is 1. The molecule has 2 aliphatic heterocycles. The molecule has 0 unspecified atom stereocenters. The molecule has 0 radical (unpaired) electrons. The maximum Gasteiger partial charge on any atom is 0.0798 e. The van der Waals surface area contributed by atoms with E-state index in [4.69, 9.17) is 5.73 Å². The molecule has 0 aromatic carbocycles. The molecule has 4 nitrogen and oxygen atoms in total. The normalized spacial score (nSPS) is 29.2. The van der Waals surface area contributed by atoms with Crippen molar-refractivity contribution in [1.29, 1.82) is 0 Å². The van der Waals surface area contributed by atoms with Crippen molar-refractivity contribution in [2.24, 2.45) is 5.73 Å². The van der Waals surface area contributed by atoms with Gasteiger partial charge in [0.25, 0.3) is 0 Å². The van der Waals surface area contributed by atoms with Gasteiger partial charge >= 0.3 is 0 Å². The molecule has 0 amide bonds. The molecule has 4 heteroatoms. The van der Waals surface area contributed by atoms with E-state index in [-0.39, 0.29) is 0 Å². The summed E-state index contributed by atoms with van der Waals surface area (Å²) < 4.78 is 0. The quantitative estimate of drug-likeness (QED) is 0.580. The summed E-state index contributed by atoms with van der Waals surface area (Å²) in [7, 11) is 0. The highest BCUT2D eigenvalue weighted by atomic mass is 16.3. The Hall–Kier alpha value is -0.160. The number of hydrogen-bond donors (Lipinski definition) is 3. The first-order valence-corrected chi connectivity index (χ1v) is 6.09. The fourth-order valence-electron chi connectivity index (χ4n) is 2.58. The van der Waals surface area contributed by atoms with E-state index < -0.39 is 5.60 Å². The highest BCUT2D eigenvalue weighted by molar-refractivity contribution is 4.88. The van der Waals surface area contributed by atoms with Crippen molar-refractivity contribution < 1.29 is 5.11 Å². The molecule has 15 heavy (non-hydrogen) atoms. The predicted molar refractivity (Wildman–Crippen MR) is 60.7 cm³/mol. The number of nitrogens with zero attached hydrogens (tertiary/aromatic N) is 1. The van der Waals surface area contributed by atoms with Gasteiger partial charge in [-0.3, -0.25) is 0 Å². The number of likely N-dealkylation sites (tertiary alicyclic amines) is 1. The predicted octanol–water partition coefficient (Wildman–Crippen LogP) is -0.476. The zero-order valence-corrected chi connectivity index (χ0v) is 9.41. The average molecular weight is 213 g/mol. The van der Waals surface area contributed by atoms with Crippen LogP contribution in [0.25, 0.3) is 0 Å². The van der Waals surface area contributed by atoms with Crippen LogP contribution < -0.4 is 11.1 Å². The Kier molecular flexibility index (Phi) is 3.61. The number of aliphatic hydroxyl groups is 1. The molecule has 2 aliphatic rings. The summed E-state index contributed by atoms with van der Waals surface area (Å²) in [6.45, 7) is 4.84. The minimum Gasteiger partial charge on any atom is -0.388 e. The van der Waals surface area contributed by atoms with E-state index in [1.54, 1.807) is 0 Å². The Balaban J connectivity index is 1.80. The van der Waals surface area contributed by atoms with E-state index in [1.807, 2.05) is 0 Å². The van der Waals surface area contributed by atoms with Crippen molar-refractivity contribution in [2.45, 2.75) is 37.3 Å². The van der Waals surface area contributed by atoms with Crippen LogP contribution in [-0.2, 0) is 0 Å². The highest BCUT2D eigenvalue weighted by Crippen LogP contribution is 2.21. The molecule has 2 heterocycles. The van der Waals surface area contributed by atoms with Crippen LogP contribution in [0.5, 0.6) is 0 Å². The first-order valence-electron chi connectivity index (χ1n) is 6.09. The minimum atomic E-state index is -0.452. The second kappa shape index (κ2) is 4.78. The lowest BCUT2D eigenvalue weighted by Crippen LogP contribution is -2.52. The van der Waals surface area contributed by atoms with Gasteiger partial charge in [0.15, 0.2) is 0 Å². The van der Waals surface area contributed by atoms with Crippen molar-refractivity contribution in [2.75, 3.05) is 32.7 Å². The summed E-state index contributed by atoms with van der Waals surface area (Å²) in [5, 5.41) is 13.7. The fraction of sp³-hybridized carbons (Fsp3) is 1.00. The highest BCUT2D eigenvalue weighted by Gasteiger charge is 2.32. The smallest absolute Gasteiger partial charge is 0.0798 e. The monoisotopic (exact) mass is 213 g/mol. The first kappa shape index (κ1) is 11.3. The van der Waals surface area contributed by atoms with E-state index >= 15 is 0 Å². The number of hydrogen-bond acceptors (Lipinski definition) is 4. The van der Waals surface area contributed by atoms with Crippen molar-refractivity contribution in [3.8, 4) is 0 Å². The first-order chi connectivity index (χ1) is 7.18. The van der Waals surface area contributed by atoms with Gasteiger partial charge in [-0.25, -0.2) is 0 Å². The van der Waals surface area contributed by atoms with Crippen molar-refractivity contribution in [3.05, 3.63) is 0 Å². The lowest BCUT2D eigenvalue weighted by atomic mass is 9.91. The molecule has 0 aromatic heterocycles. The largest absolute Gasteiger partial charge is 0.388 e. The van der Waals surface area contributed by atoms with Crippen LogP contribution in [-0.4, -0.2) is 54.4 Å². The van der Waals surface area contributed by atoms with Crippen molar-refractivity contribution in [1.82, 2.24) is 10.2 Å². The van der Waals surface area contributed by atoms with Gasteiger partial charge in [0.05, 0.1) is 5.60 Å². The van der Waals surface area contributed by atoms with Crippen molar-refractivity contribution >= 4 is 0 Å². The summed E-state index contributed by atoms with van der Waals surface area (Å²) in [4.78, 5) is 2.37. The summed E-state index contributed by atoms with van der Waals surface area (Å²) in [5.41, 5.74) is 5.41. The Morgan fingerprint density at radius 1 is 1.27 bits per heavy atom. The average Bonchev–Trinajstić information content (AvgIpc) is 2.22. The van der Waals surface area contributed by atoms with E-state index in [0.29, 0.717) is 6.04 Å². The SMILES string of the molecule is NC1CCN(CC2(O)CCNCC2)CC1. The zero-order valence-electron chi connectivity index (χ0n) is 9.41. The van der Waals surface area contributed by atoms with Gasteiger partial charge in [0.1, 0.15) is 0 Å². The van der Waals surface area contributed by atoms with Crippen LogP contribution in [0.1, 0.15) is 25.7 Å². The maximum atomic E-state index is 10.4. The van der Waals surface area contributed by atoms with Crippen LogP contribution in [0.3, 0.4) is 0 Å². The molecule has 0 spiro atoms. The van der Waals surface area contributed by atoms with E-state index in [9.17, 15) is 5.11 Å². The molecule has 2 fully saturated rings. The second-order valence-electron chi connectivity index (χ2n) is 5.09. The molecule has 4 N–H and O–H groups in total. The van der Waals surface area contributed by atoms with Gasteiger partial charge in [-0.05, 0) is 51.9 Å². The molecule has 0 atom stereocenters. The molecular formula is C11H23N3O. The number of nitrogens with two attached hydrogens (primary N) is 1. The van der Waals surface area contributed by atoms with Crippen LogP contribution in [0.2, 0.25) is 0 Å². The van der Waals surface area contributed by atoms with E-state index in [1.165, 1.54) is 0 Å². The number of piperidine rings is 2. The summed E-state index contributed by atoms with van der Waals surface area (Å²) in [6.07, 6.45) is 3.92. The standard InChI is InChI=1S/C11H23N3O/c12-10-1-7-14(8-2-10)9-11(15)3-5-13-6-4-11/h10,13,15H,1-9,12H2. The van der Waals surface area contributed by atoms with Crippen LogP contribution in [0, 0.1) is 0 Å². The van der Waals surface area contributed by atoms with Crippen molar-refractivity contribution in [3.63, 3.8) is 0 Å². The van der Waals surface area contributed by atoms with E-state index in [0.717, 1.165) is 58.4 Å². The third-order valence-corrected chi connectivity index (χ3v) is 3.68. The molecule has 0 aliphatic carbocycles. The second-order valence-corrected chi connectivity index (χ2v) is 5.09. The molecule has 88 valence electrons. The Bertz CT molecular complexity index is 196. The van der Waals surface area contributed by atoms with Gasteiger partial charge in [-0.2, -0.15) is 0 Å². The Morgan fingerprint density at radius 2 is 1.87 bits per heavy atom. The number of rotatable bonds is 2. The lowest BCUT2D eigenvalue weighted by Gasteiger charge is -2.39. The van der Waals surface area contributed by atoms with Gasteiger partial charge in [-0.15, -0.1) is 0 Å². The lowest BCUT2D eigenvalue weighted by molar-refractivity contribution is -0.0254. The maximum absolute atomic E-state index is 10.4. The molecule has 2 rings (SSSR count). The Labute approximate surface area is 91.8 Å².